The molecular formula is C13H18N4O5S. The fourth-order valence-corrected chi connectivity index (χ4v) is 2.77. The van der Waals surface area contributed by atoms with Gasteiger partial charge in [0.25, 0.3) is 10.0 Å². The van der Waals surface area contributed by atoms with Crippen molar-refractivity contribution in [3.05, 3.63) is 24.3 Å². The number of urea groups is 1. The Morgan fingerprint density at radius 1 is 1.13 bits per heavy atom. The number of carbonyl (C=O) groups is 2. The quantitative estimate of drug-likeness (QED) is 0.660. The van der Waals surface area contributed by atoms with Crippen LogP contribution in [0.3, 0.4) is 0 Å². The van der Waals surface area contributed by atoms with Crippen molar-refractivity contribution in [2.45, 2.75) is 11.8 Å². The number of amides is 3. The molecule has 0 atom stereocenters. The molecule has 0 saturated carbocycles. The fourth-order valence-electron chi connectivity index (χ4n) is 1.94. The number of hydrogen-bond donors (Lipinski definition) is 3. The summed E-state index contributed by atoms with van der Waals surface area (Å²) in [6, 6.07) is 5.04. The first-order valence-corrected chi connectivity index (χ1v) is 8.39. The Morgan fingerprint density at radius 2 is 1.74 bits per heavy atom. The molecule has 1 aromatic carbocycles. The minimum Gasteiger partial charge on any atom is -0.378 e. The molecule has 10 heteroatoms. The third-order valence-corrected chi connectivity index (χ3v) is 4.34. The van der Waals surface area contributed by atoms with E-state index in [1.165, 1.54) is 36.1 Å². The maximum absolute atomic E-state index is 12.1. The van der Waals surface area contributed by atoms with Crippen molar-refractivity contribution in [1.82, 2.24) is 15.2 Å². The van der Waals surface area contributed by atoms with E-state index in [4.69, 9.17) is 4.74 Å². The summed E-state index contributed by atoms with van der Waals surface area (Å²) in [5.74, 6) is -0.253. The van der Waals surface area contributed by atoms with Gasteiger partial charge in [-0.3, -0.25) is 10.2 Å². The van der Waals surface area contributed by atoms with E-state index in [0.717, 1.165) is 0 Å². The van der Waals surface area contributed by atoms with Crippen LogP contribution in [0.1, 0.15) is 6.92 Å². The van der Waals surface area contributed by atoms with Crippen LogP contribution in [-0.2, 0) is 19.6 Å². The van der Waals surface area contributed by atoms with Crippen LogP contribution in [0.25, 0.3) is 0 Å². The summed E-state index contributed by atoms with van der Waals surface area (Å²) in [5.41, 5.74) is 2.64. The van der Waals surface area contributed by atoms with E-state index in [9.17, 15) is 18.0 Å². The highest BCUT2D eigenvalue weighted by atomic mass is 32.2. The monoisotopic (exact) mass is 342 g/mol. The SMILES string of the molecule is CC(=O)Nc1ccc(S(=O)(=O)NNC(=O)N2CCOCC2)cc1. The second-order valence-corrected chi connectivity index (χ2v) is 6.52. The van der Waals surface area contributed by atoms with Crippen LogP contribution in [-0.4, -0.2) is 51.6 Å². The molecule has 0 spiro atoms. The molecule has 2 rings (SSSR count). The molecule has 3 amide bonds. The second-order valence-electron chi connectivity index (χ2n) is 4.84. The number of nitrogens with one attached hydrogen (secondary N) is 3. The van der Waals surface area contributed by atoms with E-state index in [2.05, 4.69) is 10.7 Å². The number of sulfonamides is 1. The molecule has 0 aliphatic carbocycles. The Hall–Kier alpha value is -2.17. The van der Waals surface area contributed by atoms with Crippen LogP contribution in [0, 0.1) is 0 Å². The summed E-state index contributed by atoms with van der Waals surface area (Å²) < 4.78 is 29.3. The standard InChI is InChI=1S/C13H18N4O5S/c1-10(18)14-11-2-4-12(5-3-11)23(20,21)16-15-13(19)17-6-8-22-9-7-17/h2-5,16H,6-9H2,1H3,(H,14,18)(H,15,19). The molecule has 1 aliphatic heterocycles. The van der Waals surface area contributed by atoms with E-state index in [-0.39, 0.29) is 10.8 Å². The highest BCUT2D eigenvalue weighted by Crippen LogP contribution is 2.13. The van der Waals surface area contributed by atoms with Crippen molar-refractivity contribution in [1.29, 1.82) is 0 Å². The van der Waals surface area contributed by atoms with E-state index < -0.39 is 16.1 Å². The number of morpholine rings is 1. The van der Waals surface area contributed by atoms with Crippen LogP contribution in [0.2, 0.25) is 0 Å². The van der Waals surface area contributed by atoms with Gasteiger partial charge in [0.05, 0.1) is 18.1 Å². The van der Waals surface area contributed by atoms with Crippen LogP contribution in [0.15, 0.2) is 29.2 Å². The molecule has 1 aromatic rings. The van der Waals surface area contributed by atoms with E-state index in [0.29, 0.717) is 32.0 Å². The molecule has 1 aliphatic rings. The molecular weight excluding hydrogens is 324 g/mol. The zero-order valence-corrected chi connectivity index (χ0v) is 13.4. The first-order valence-electron chi connectivity index (χ1n) is 6.90. The average Bonchev–Trinajstić information content (AvgIpc) is 2.53. The van der Waals surface area contributed by atoms with Gasteiger partial charge >= 0.3 is 6.03 Å². The topological polar surface area (TPSA) is 117 Å². The Morgan fingerprint density at radius 3 is 2.30 bits per heavy atom. The van der Waals surface area contributed by atoms with E-state index in [1.807, 2.05) is 4.83 Å². The summed E-state index contributed by atoms with van der Waals surface area (Å²) in [6.45, 7) is 3.00. The molecule has 0 unspecified atom stereocenters. The predicted octanol–water partition coefficient (Wildman–Crippen LogP) is -0.120. The first kappa shape index (κ1) is 17.2. The third-order valence-electron chi connectivity index (χ3n) is 3.08. The van der Waals surface area contributed by atoms with Gasteiger partial charge in [-0.2, -0.15) is 0 Å². The lowest BCUT2D eigenvalue weighted by atomic mass is 10.3. The highest BCUT2D eigenvalue weighted by Gasteiger charge is 2.20. The van der Waals surface area contributed by atoms with Gasteiger partial charge in [0.15, 0.2) is 0 Å². The number of rotatable bonds is 4. The summed E-state index contributed by atoms with van der Waals surface area (Å²) >= 11 is 0. The Kier molecular flexibility index (Phi) is 5.53. The number of nitrogens with zero attached hydrogens (tertiary/aromatic N) is 1. The van der Waals surface area contributed by atoms with Gasteiger partial charge in [-0.1, -0.05) is 0 Å². The number of hydrogen-bond acceptors (Lipinski definition) is 5. The maximum Gasteiger partial charge on any atom is 0.332 e. The van der Waals surface area contributed by atoms with Gasteiger partial charge in [0, 0.05) is 25.7 Å². The first-order chi connectivity index (χ1) is 10.9. The molecule has 1 heterocycles. The van der Waals surface area contributed by atoms with Crippen molar-refractivity contribution in [2.24, 2.45) is 0 Å². The number of hydrazine groups is 1. The predicted molar refractivity (Wildman–Crippen MR) is 82.0 cm³/mol. The van der Waals surface area contributed by atoms with Gasteiger partial charge in [-0.25, -0.2) is 13.2 Å². The molecule has 1 fully saturated rings. The van der Waals surface area contributed by atoms with Gasteiger partial charge in [-0.05, 0) is 24.3 Å². The minimum atomic E-state index is -3.89. The number of benzene rings is 1. The summed E-state index contributed by atoms with van der Waals surface area (Å²) in [6.07, 6.45) is 0. The van der Waals surface area contributed by atoms with Gasteiger partial charge < -0.3 is 15.0 Å². The normalized spacial score (nSPS) is 15.1. The number of ether oxygens (including phenoxy) is 1. The summed E-state index contributed by atoms with van der Waals surface area (Å²) in [7, 11) is -3.89. The third kappa shape index (κ3) is 4.91. The van der Waals surface area contributed by atoms with Crippen LogP contribution < -0.4 is 15.6 Å². The van der Waals surface area contributed by atoms with Crippen molar-refractivity contribution in [3.8, 4) is 0 Å². The van der Waals surface area contributed by atoms with Crippen molar-refractivity contribution in [3.63, 3.8) is 0 Å². The van der Waals surface area contributed by atoms with Gasteiger partial charge in [0.2, 0.25) is 5.91 Å². The van der Waals surface area contributed by atoms with Crippen LogP contribution in [0.5, 0.6) is 0 Å². The van der Waals surface area contributed by atoms with Crippen LogP contribution in [0.4, 0.5) is 10.5 Å². The average molecular weight is 342 g/mol. The highest BCUT2D eigenvalue weighted by molar-refractivity contribution is 7.89. The number of anilines is 1. The Labute approximate surface area is 134 Å². The van der Waals surface area contributed by atoms with Crippen molar-refractivity contribution >= 4 is 27.6 Å². The summed E-state index contributed by atoms with van der Waals surface area (Å²) in [4.78, 5) is 26.2. The van der Waals surface area contributed by atoms with Crippen molar-refractivity contribution in [2.75, 3.05) is 31.6 Å². The Bertz CT molecular complexity index is 668. The number of carbonyl (C=O) groups excluding carboxylic acids is 2. The summed E-state index contributed by atoms with van der Waals surface area (Å²) in [5, 5.41) is 2.53. The molecule has 0 bridgehead atoms. The van der Waals surface area contributed by atoms with Crippen molar-refractivity contribution < 1.29 is 22.7 Å². The largest absolute Gasteiger partial charge is 0.378 e. The second kappa shape index (κ2) is 7.40. The lowest BCUT2D eigenvalue weighted by Crippen LogP contribution is -2.51. The lowest BCUT2D eigenvalue weighted by molar-refractivity contribution is -0.114. The molecule has 0 radical (unpaired) electrons. The lowest BCUT2D eigenvalue weighted by Gasteiger charge is -2.26. The molecule has 3 N–H and O–H groups in total. The van der Waals surface area contributed by atoms with E-state index in [1.54, 1.807) is 0 Å². The van der Waals surface area contributed by atoms with E-state index >= 15 is 0 Å². The molecule has 9 nitrogen and oxygen atoms in total. The zero-order valence-electron chi connectivity index (χ0n) is 12.5. The molecule has 1 saturated heterocycles. The van der Waals surface area contributed by atoms with Gasteiger partial charge in [0.1, 0.15) is 0 Å². The molecule has 126 valence electrons. The smallest absolute Gasteiger partial charge is 0.332 e. The zero-order chi connectivity index (χ0) is 16.9. The minimum absolute atomic E-state index is 0.0334. The van der Waals surface area contributed by atoms with Crippen LogP contribution >= 0.6 is 0 Å². The Balaban J connectivity index is 1.95. The fraction of sp³-hybridized carbons (Fsp3) is 0.385. The molecule has 0 aromatic heterocycles. The van der Waals surface area contributed by atoms with Gasteiger partial charge in [-0.15, -0.1) is 4.83 Å². The molecule has 23 heavy (non-hydrogen) atoms. The maximum atomic E-state index is 12.1.